The molecule has 1 aliphatic heterocycles. The van der Waals surface area contributed by atoms with Crippen LogP contribution < -0.4 is 20.1 Å². The average molecular weight is 415 g/mol. The molecule has 11 heteroatoms. The van der Waals surface area contributed by atoms with E-state index in [1.54, 1.807) is 41.9 Å². The maximum absolute atomic E-state index is 12.2. The van der Waals surface area contributed by atoms with Crippen molar-refractivity contribution in [2.45, 2.75) is 11.7 Å². The minimum absolute atomic E-state index is 0.152. The van der Waals surface area contributed by atoms with Gasteiger partial charge in [-0.25, -0.2) is 0 Å². The highest BCUT2D eigenvalue weighted by Crippen LogP contribution is 2.34. The second kappa shape index (κ2) is 8.27. The fraction of sp³-hybridized carbons (Fsp3) is 0.222. The van der Waals surface area contributed by atoms with Gasteiger partial charge in [-0.15, -0.1) is 10.2 Å². The number of furan rings is 1. The lowest BCUT2D eigenvalue weighted by molar-refractivity contribution is -0.113. The van der Waals surface area contributed by atoms with E-state index in [1.165, 1.54) is 18.0 Å². The number of carbonyl (C=O) groups excluding carboxylic acids is 2. The van der Waals surface area contributed by atoms with Gasteiger partial charge in [-0.2, -0.15) is 0 Å². The molecule has 150 valence electrons. The van der Waals surface area contributed by atoms with E-state index in [1.807, 2.05) is 0 Å². The quantitative estimate of drug-likeness (QED) is 0.561. The zero-order valence-corrected chi connectivity index (χ0v) is 16.2. The largest absolute Gasteiger partial charge is 0.459 e. The van der Waals surface area contributed by atoms with Gasteiger partial charge in [0.2, 0.25) is 12.7 Å². The van der Waals surface area contributed by atoms with Gasteiger partial charge in [0.1, 0.15) is 0 Å². The van der Waals surface area contributed by atoms with Crippen molar-refractivity contribution in [3.05, 3.63) is 48.2 Å². The normalized spacial score (nSPS) is 12.0. The van der Waals surface area contributed by atoms with Gasteiger partial charge < -0.3 is 29.1 Å². The van der Waals surface area contributed by atoms with Crippen molar-refractivity contribution < 1.29 is 23.5 Å². The van der Waals surface area contributed by atoms with Crippen LogP contribution in [0.5, 0.6) is 11.5 Å². The molecule has 1 aliphatic rings. The lowest BCUT2D eigenvalue weighted by Crippen LogP contribution is -2.24. The van der Waals surface area contributed by atoms with E-state index in [2.05, 4.69) is 20.8 Å². The molecule has 29 heavy (non-hydrogen) atoms. The van der Waals surface area contributed by atoms with Gasteiger partial charge in [-0.3, -0.25) is 9.59 Å². The number of rotatable bonds is 7. The van der Waals surface area contributed by atoms with Crippen molar-refractivity contribution in [3.63, 3.8) is 0 Å². The molecule has 2 N–H and O–H groups in total. The van der Waals surface area contributed by atoms with E-state index in [0.29, 0.717) is 28.2 Å². The van der Waals surface area contributed by atoms with Gasteiger partial charge in [-0.1, -0.05) is 11.8 Å². The number of nitrogens with one attached hydrogen (secondary N) is 2. The van der Waals surface area contributed by atoms with E-state index in [0.717, 1.165) is 0 Å². The number of anilines is 1. The molecule has 0 aliphatic carbocycles. The van der Waals surface area contributed by atoms with Crippen molar-refractivity contribution in [1.29, 1.82) is 0 Å². The predicted molar refractivity (Wildman–Crippen MR) is 103 cm³/mol. The third-order valence-corrected chi connectivity index (χ3v) is 5.09. The summed E-state index contributed by atoms with van der Waals surface area (Å²) >= 11 is 1.24. The first-order valence-corrected chi connectivity index (χ1v) is 9.61. The van der Waals surface area contributed by atoms with E-state index >= 15 is 0 Å². The number of thioether (sulfide) groups is 1. The molecule has 0 bridgehead atoms. The Bertz CT molecular complexity index is 1030. The molecule has 0 fully saturated rings. The summed E-state index contributed by atoms with van der Waals surface area (Å²) in [6.07, 6.45) is 1.43. The molecule has 1 aromatic carbocycles. The number of ether oxygens (including phenoxy) is 2. The maximum atomic E-state index is 12.2. The Labute approximate surface area is 169 Å². The van der Waals surface area contributed by atoms with Crippen LogP contribution >= 0.6 is 11.8 Å². The molecule has 4 rings (SSSR count). The van der Waals surface area contributed by atoms with Crippen molar-refractivity contribution in [2.75, 3.05) is 17.9 Å². The number of hydrogen-bond acceptors (Lipinski definition) is 8. The van der Waals surface area contributed by atoms with Crippen LogP contribution in [0.4, 0.5) is 5.69 Å². The Morgan fingerprint density at radius 3 is 2.90 bits per heavy atom. The molecule has 3 aromatic rings. The third-order valence-electron chi connectivity index (χ3n) is 4.07. The summed E-state index contributed by atoms with van der Waals surface area (Å²) in [6, 6.07) is 8.43. The van der Waals surface area contributed by atoms with Gasteiger partial charge in [0.05, 0.1) is 18.6 Å². The lowest BCUT2D eigenvalue weighted by Gasteiger charge is -2.07. The Kier molecular flexibility index (Phi) is 5.38. The number of amides is 2. The molecule has 10 nitrogen and oxygen atoms in total. The molecular weight excluding hydrogens is 398 g/mol. The molecule has 2 amide bonds. The number of hydrogen-bond donors (Lipinski definition) is 2. The number of carbonyl (C=O) groups is 2. The molecule has 3 heterocycles. The number of fused-ring (bicyclic) bond motifs is 1. The minimum atomic E-state index is -0.338. The smallest absolute Gasteiger partial charge is 0.287 e. The van der Waals surface area contributed by atoms with Crippen molar-refractivity contribution in [2.24, 2.45) is 7.05 Å². The number of benzene rings is 1. The molecule has 0 saturated carbocycles. The highest BCUT2D eigenvalue weighted by atomic mass is 32.2. The van der Waals surface area contributed by atoms with Gasteiger partial charge in [0, 0.05) is 18.8 Å². The SMILES string of the molecule is Cn1c(CNC(=O)c2ccco2)nnc1SCC(=O)Nc1ccc2c(c1)OCO2. The average Bonchev–Trinajstić information content (AvgIpc) is 3.46. The molecule has 0 saturated heterocycles. The molecule has 0 radical (unpaired) electrons. The first kappa shape index (κ1) is 18.9. The zero-order valence-electron chi connectivity index (χ0n) is 15.4. The van der Waals surface area contributed by atoms with Gasteiger partial charge >= 0.3 is 0 Å². The predicted octanol–water partition coefficient (Wildman–Crippen LogP) is 1.80. The second-order valence-electron chi connectivity index (χ2n) is 6.02. The Balaban J connectivity index is 1.28. The lowest BCUT2D eigenvalue weighted by atomic mass is 10.3. The van der Waals surface area contributed by atoms with Crippen LogP contribution in [0.15, 0.2) is 46.2 Å². The van der Waals surface area contributed by atoms with Crippen LogP contribution in [0.3, 0.4) is 0 Å². The molecule has 0 atom stereocenters. The molecule has 0 unspecified atom stereocenters. The van der Waals surface area contributed by atoms with Crippen LogP contribution in [0.2, 0.25) is 0 Å². The highest BCUT2D eigenvalue weighted by Gasteiger charge is 2.16. The van der Waals surface area contributed by atoms with E-state index in [-0.39, 0.29) is 36.7 Å². The summed E-state index contributed by atoms with van der Waals surface area (Å²) < 4.78 is 17.3. The summed E-state index contributed by atoms with van der Waals surface area (Å²) in [5.41, 5.74) is 0.624. The van der Waals surface area contributed by atoms with Gasteiger partial charge in [-0.05, 0) is 24.3 Å². The van der Waals surface area contributed by atoms with Crippen LogP contribution in [0, 0.1) is 0 Å². The standard InChI is InChI=1S/C18H17N5O5S/c1-23-15(8-19-17(25)13-3-2-6-26-13)21-22-18(23)29-9-16(24)20-11-4-5-12-14(7-11)28-10-27-12/h2-7H,8-10H2,1H3,(H,19,25)(H,20,24). The first-order valence-electron chi connectivity index (χ1n) is 8.62. The van der Waals surface area contributed by atoms with Crippen LogP contribution in [-0.4, -0.2) is 39.1 Å². The minimum Gasteiger partial charge on any atom is -0.459 e. The summed E-state index contributed by atoms with van der Waals surface area (Å²) in [5, 5.41) is 14.2. The van der Waals surface area contributed by atoms with Gasteiger partial charge in [0.25, 0.3) is 5.91 Å². The fourth-order valence-electron chi connectivity index (χ4n) is 2.58. The van der Waals surface area contributed by atoms with Crippen LogP contribution in [0.1, 0.15) is 16.4 Å². The van der Waals surface area contributed by atoms with Gasteiger partial charge in [0.15, 0.2) is 28.2 Å². The van der Waals surface area contributed by atoms with Crippen LogP contribution in [0.25, 0.3) is 0 Å². The summed E-state index contributed by atoms with van der Waals surface area (Å²) in [7, 11) is 1.77. The first-order chi connectivity index (χ1) is 14.1. The zero-order chi connectivity index (χ0) is 20.2. The summed E-state index contributed by atoms with van der Waals surface area (Å²) in [5.74, 6) is 1.66. The highest BCUT2D eigenvalue weighted by molar-refractivity contribution is 7.99. The summed E-state index contributed by atoms with van der Waals surface area (Å²) in [6.45, 7) is 0.367. The van der Waals surface area contributed by atoms with Crippen molar-refractivity contribution in [3.8, 4) is 11.5 Å². The third kappa shape index (κ3) is 4.35. The maximum Gasteiger partial charge on any atom is 0.287 e. The fourth-order valence-corrected chi connectivity index (χ4v) is 3.31. The summed E-state index contributed by atoms with van der Waals surface area (Å²) in [4.78, 5) is 24.1. The van der Waals surface area contributed by atoms with Crippen LogP contribution in [-0.2, 0) is 18.4 Å². The topological polar surface area (TPSA) is 121 Å². The Morgan fingerprint density at radius 2 is 2.07 bits per heavy atom. The van der Waals surface area contributed by atoms with E-state index in [9.17, 15) is 9.59 Å². The monoisotopic (exact) mass is 415 g/mol. The van der Waals surface area contributed by atoms with E-state index in [4.69, 9.17) is 13.9 Å². The van der Waals surface area contributed by atoms with Crippen molar-refractivity contribution >= 4 is 29.3 Å². The Hall–Kier alpha value is -3.47. The van der Waals surface area contributed by atoms with E-state index < -0.39 is 0 Å². The number of aromatic nitrogens is 3. The van der Waals surface area contributed by atoms with Crippen molar-refractivity contribution in [1.82, 2.24) is 20.1 Å². The second-order valence-corrected chi connectivity index (χ2v) is 6.97. The Morgan fingerprint density at radius 1 is 1.21 bits per heavy atom. The number of nitrogens with zero attached hydrogens (tertiary/aromatic N) is 3. The molecular formula is C18H17N5O5S. The molecule has 2 aromatic heterocycles. The molecule has 0 spiro atoms.